The number of nitrogens with zero attached hydrogens (tertiary/aromatic N) is 6. The number of benzene rings is 1. The monoisotopic (exact) mass is 438 g/mol. The molecular weight excluding hydrogens is 407 g/mol. The SMILES string of the molecule is CCNC(=NCc1nnc2ccccn12)NCCCN1CCN(c2ccccc2F)CC1. The number of piperazine rings is 1. The Kier molecular flexibility index (Phi) is 7.50. The van der Waals surface area contributed by atoms with Crippen LogP contribution in [0.5, 0.6) is 0 Å². The van der Waals surface area contributed by atoms with Gasteiger partial charge in [0.25, 0.3) is 0 Å². The van der Waals surface area contributed by atoms with Crippen molar-refractivity contribution in [1.82, 2.24) is 30.1 Å². The number of hydrogen-bond acceptors (Lipinski definition) is 5. The molecular formula is C23H31FN8. The molecule has 0 spiro atoms. The number of aromatic nitrogens is 3. The zero-order valence-electron chi connectivity index (χ0n) is 18.5. The van der Waals surface area contributed by atoms with Crippen LogP contribution in [0.15, 0.2) is 53.7 Å². The van der Waals surface area contributed by atoms with Crippen LogP contribution in [0, 0.1) is 5.82 Å². The van der Waals surface area contributed by atoms with Gasteiger partial charge in [0.1, 0.15) is 12.4 Å². The summed E-state index contributed by atoms with van der Waals surface area (Å²) in [7, 11) is 0. The Labute approximate surface area is 188 Å². The molecule has 2 N–H and O–H groups in total. The summed E-state index contributed by atoms with van der Waals surface area (Å²) >= 11 is 0. The standard InChI is InChI=1S/C23H31FN8/c1-2-25-23(27-18-22-29-28-21-10-5-6-13-32(21)22)26-11-7-12-30-14-16-31(17-15-30)20-9-4-3-8-19(20)24/h3-6,8-10,13H,2,7,11-12,14-18H2,1H3,(H2,25,26,27). The zero-order valence-corrected chi connectivity index (χ0v) is 18.5. The number of anilines is 1. The molecule has 0 bridgehead atoms. The Hall–Kier alpha value is -3.20. The van der Waals surface area contributed by atoms with Crippen molar-refractivity contribution in [1.29, 1.82) is 0 Å². The number of nitrogens with one attached hydrogen (secondary N) is 2. The molecule has 2 aromatic heterocycles. The minimum Gasteiger partial charge on any atom is -0.367 e. The third kappa shape index (κ3) is 5.53. The van der Waals surface area contributed by atoms with Crippen molar-refractivity contribution < 1.29 is 4.39 Å². The largest absolute Gasteiger partial charge is 0.367 e. The quantitative estimate of drug-likeness (QED) is 0.319. The second-order valence-electron chi connectivity index (χ2n) is 7.80. The number of rotatable bonds is 8. The molecule has 3 aromatic rings. The molecule has 1 aliphatic rings. The van der Waals surface area contributed by atoms with E-state index in [0.717, 1.165) is 69.7 Å². The Morgan fingerprint density at radius 1 is 1.03 bits per heavy atom. The fourth-order valence-electron chi connectivity index (χ4n) is 3.92. The molecule has 0 aliphatic carbocycles. The van der Waals surface area contributed by atoms with Crippen LogP contribution in [0.25, 0.3) is 5.65 Å². The highest BCUT2D eigenvalue weighted by atomic mass is 19.1. The van der Waals surface area contributed by atoms with Crippen LogP contribution < -0.4 is 15.5 Å². The van der Waals surface area contributed by atoms with E-state index in [1.54, 1.807) is 6.07 Å². The molecule has 3 heterocycles. The Bertz CT molecular complexity index is 1030. The molecule has 1 aliphatic heterocycles. The van der Waals surface area contributed by atoms with Crippen LogP contribution in [0.4, 0.5) is 10.1 Å². The predicted octanol–water partition coefficient (Wildman–Crippen LogP) is 2.14. The molecule has 1 fully saturated rings. The lowest BCUT2D eigenvalue weighted by molar-refractivity contribution is 0.254. The van der Waals surface area contributed by atoms with Gasteiger partial charge < -0.3 is 15.5 Å². The van der Waals surface area contributed by atoms with Gasteiger partial charge in [0.05, 0.1) is 5.69 Å². The summed E-state index contributed by atoms with van der Waals surface area (Å²) < 4.78 is 16.0. The van der Waals surface area contributed by atoms with Gasteiger partial charge >= 0.3 is 0 Å². The lowest BCUT2D eigenvalue weighted by Gasteiger charge is -2.36. The summed E-state index contributed by atoms with van der Waals surface area (Å²) in [4.78, 5) is 9.23. The minimum atomic E-state index is -0.139. The van der Waals surface area contributed by atoms with E-state index in [9.17, 15) is 4.39 Å². The van der Waals surface area contributed by atoms with E-state index in [2.05, 4.69) is 42.5 Å². The molecule has 0 atom stereocenters. The number of hydrogen-bond donors (Lipinski definition) is 2. The van der Waals surface area contributed by atoms with Crippen LogP contribution >= 0.6 is 0 Å². The average molecular weight is 439 g/mol. The first-order valence-corrected chi connectivity index (χ1v) is 11.3. The van der Waals surface area contributed by atoms with Crippen LogP contribution in [-0.2, 0) is 6.54 Å². The number of guanidine groups is 1. The summed E-state index contributed by atoms with van der Waals surface area (Å²) in [6.45, 7) is 8.74. The maximum Gasteiger partial charge on any atom is 0.191 e. The normalized spacial score (nSPS) is 15.3. The van der Waals surface area contributed by atoms with E-state index in [1.807, 2.05) is 40.9 Å². The van der Waals surface area contributed by atoms with Gasteiger partial charge in [0.2, 0.25) is 0 Å². The maximum absolute atomic E-state index is 14.0. The number of fused-ring (bicyclic) bond motifs is 1. The molecule has 1 saturated heterocycles. The summed E-state index contributed by atoms with van der Waals surface area (Å²) in [6, 6.07) is 12.9. The van der Waals surface area contributed by atoms with E-state index in [1.165, 1.54) is 6.07 Å². The highest BCUT2D eigenvalue weighted by molar-refractivity contribution is 5.79. The molecule has 8 nitrogen and oxygen atoms in total. The van der Waals surface area contributed by atoms with E-state index < -0.39 is 0 Å². The van der Waals surface area contributed by atoms with Crippen molar-refractivity contribution in [3.8, 4) is 0 Å². The number of halogens is 1. The van der Waals surface area contributed by atoms with Gasteiger partial charge in [-0.2, -0.15) is 0 Å². The summed E-state index contributed by atoms with van der Waals surface area (Å²) in [5.74, 6) is 1.45. The van der Waals surface area contributed by atoms with Crippen LogP contribution in [0.3, 0.4) is 0 Å². The van der Waals surface area contributed by atoms with Gasteiger partial charge in [-0.05, 0) is 44.2 Å². The van der Waals surface area contributed by atoms with Gasteiger partial charge in [-0.1, -0.05) is 18.2 Å². The Morgan fingerprint density at radius 2 is 1.84 bits per heavy atom. The first kappa shape index (κ1) is 22.0. The lowest BCUT2D eigenvalue weighted by atomic mass is 10.2. The molecule has 4 rings (SSSR count). The van der Waals surface area contributed by atoms with Crippen LogP contribution in [0.2, 0.25) is 0 Å². The van der Waals surface area contributed by atoms with Crippen molar-refractivity contribution >= 4 is 17.3 Å². The highest BCUT2D eigenvalue weighted by Crippen LogP contribution is 2.20. The third-order valence-electron chi connectivity index (χ3n) is 5.62. The maximum atomic E-state index is 14.0. The Morgan fingerprint density at radius 3 is 2.66 bits per heavy atom. The van der Waals surface area contributed by atoms with E-state index in [0.29, 0.717) is 12.2 Å². The molecule has 0 saturated carbocycles. The molecule has 9 heteroatoms. The molecule has 0 unspecified atom stereocenters. The van der Waals surface area contributed by atoms with Crippen molar-refractivity contribution in [3.05, 3.63) is 60.3 Å². The van der Waals surface area contributed by atoms with E-state index >= 15 is 0 Å². The number of pyridine rings is 1. The molecule has 0 radical (unpaired) electrons. The highest BCUT2D eigenvalue weighted by Gasteiger charge is 2.18. The van der Waals surface area contributed by atoms with Crippen molar-refractivity contribution in [2.45, 2.75) is 19.9 Å². The van der Waals surface area contributed by atoms with Gasteiger partial charge in [-0.15, -0.1) is 10.2 Å². The fraction of sp³-hybridized carbons (Fsp3) is 0.435. The first-order valence-electron chi connectivity index (χ1n) is 11.3. The lowest BCUT2D eigenvalue weighted by Crippen LogP contribution is -2.47. The van der Waals surface area contributed by atoms with E-state index in [-0.39, 0.29) is 5.82 Å². The minimum absolute atomic E-state index is 0.139. The topological polar surface area (TPSA) is 73.1 Å². The third-order valence-corrected chi connectivity index (χ3v) is 5.62. The second-order valence-corrected chi connectivity index (χ2v) is 7.80. The van der Waals surface area contributed by atoms with Crippen molar-refractivity contribution in [2.75, 3.05) is 50.7 Å². The van der Waals surface area contributed by atoms with Gasteiger partial charge in [0.15, 0.2) is 17.4 Å². The fourth-order valence-corrected chi connectivity index (χ4v) is 3.92. The van der Waals surface area contributed by atoms with Crippen LogP contribution in [0.1, 0.15) is 19.2 Å². The predicted molar refractivity (Wildman–Crippen MR) is 125 cm³/mol. The average Bonchev–Trinajstić information content (AvgIpc) is 3.24. The van der Waals surface area contributed by atoms with Gasteiger partial charge in [-0.25, -0.2) is 9.38 Å². The van der Waals surface area contributed by atoms with Crippen molar-refractivity contribution in [2.24, 2.45) is 4.99 Å². The Balaban J connectivity index is 1.21. The summed E-state index contributed by atoms with van der Waals surface area (Å²) in [6.07, 6.45) is 2.96. The molecule has 32 heavy (non-hydrogen) atoms. The molecule has 170 valence electrons. The summed E-state index contributed by atoms with van der Waals surface area (Å²) in [5, 5.41) is 15.1. The van der Waals surface area contributed by atoms with Gasteiger partial charge in [0, 0.05) is 45.5 Å². The molecule has 1 aromatic carbocycles. The summed E-state index contributed by atoms with van der Waals surface area (Å²) in [5.41, 5.74) is 1.53. The van der Waals surface area contributed by atoms with Crippen molar-refractivity contribution in [3.63, 3.8) is 0 Å². The molecule has 0 amide bonds. The van der Waals surface area contributed by atoms with Crippen LogP contribution in [-0.4, -0.2) is 71.3 Å². The van der Waals surface area contributed by atoms with E-state index in [4.69, 9.17) is 0 Å². The first-order chi connectivity index (χ1) is 15.7. The second kappa shape index (κ2) is 10.9. The van der Waals surface area contributed by atoms with Gasteiger partial charge in [-0.3, -0.25) is 9.30 Å². The number of para-hydroxylation sites is 1. The smallest absolute Gasteiger partial charge is 0.191 e. The zero-order chi connectivity index (χ0) is 22.2. The number of aliphatic imine (C=N–C) groups is 1.